The largest absolute Gasteiger partial charge is 0.378 e. The minimum atomic E-state index is -0.444. The first-order chi connectivity index (χ1) is 9.82. The topological polar surface area (TPSA) is 26.8 Å². The van der Waals surface area contributed by atoms with E-state index >= 15 is 0 Å². The normalized spacial score (nSPS) is 17.8. The molecule has 1 aromatic rings. The molecule has 2 rings (SSSR count). The average Bonchev–Trinajstić information content (AvgIpc) is 2.47. The van der Waals surface area contributed by atoms with Crippen LogP contribution in [0.3, 0.4) is 0 Å². The Bertz CT molecular complexity index is 485. The number of nitrogens with zero attached hydrogens (tertiary/aromatic N) is 3. The second-order valence-corrected chi connectivity index (χ2v) is 6.62. The zero-order valence-corrected chi connectivity index (χ0v) is 13.9. The lowest BCUT2D eigenvalue weighted by Gasteiger charge is -2.42. The second kappa shape index (κ2) is 6.16. The van der Waals surface area contributed by atoms with Crippen molar-refractivity contribution in [1.29, 1.82) is 0 Å². The van der Waals surface area contributed by atoms with Crippen molar-refractivity contribution >= 4 is 11.5 Å². The van der Waals surface area contributed by atoms with Crippen molar-refractivity contribution in [3.05, 3.63) is 29.8 Å². The predicted octanol–water partition coefficient (Wildman–Crippen LogP) is 1.96. The predicted molar refractivity (Wildman–Crippen MR) is 88.2 cm³/mol. The molecule has 0 aromatic heterocycles. The van der Waals surface area contributed by atoms with Crippen LogP contribution in [0.15, 0.2) is 24.3 Å². The van der Waals surface area contributed by atoms with Gasteiger partial charge in [-0.3, -0.25) is 9.69 Å². The number of hydrogen-bond acceptors (Lipinski definition) is 4. The Hall–Kier alpha value is -1.39. The summed E-state index contributed by atoms with van der Waals surface area (Å²) in [4.78, 5) is 19.5. The monoisotopic (exact) mass is 289 g/mol. The Balaban J connectivity index is 2.13. The molecule has 0 amide bonds. The first kappa shape index (κ1) is 16.0. The highest BCUT2D eigenvalue weighted by molar-refractivity contribution is 6.02. The van der Waals surface area contributed by atoms with Gasteiger partial charge in [-0.05, 0) is 45.2 Å². The third kappa shape index (κ3) is 3.44. The maximum atomic E-state index is 12.9. The molecule has 116 valence electrons. The van der Waals surface area contributed by atoms with Crippen molar-refractivity contribution in [2.75, 3.05) is 52.2 Å². The maximum absolute atomic E-state index is 12.9. The van der Waals surface area contributed by atoms with E-state index in [1.807, 2.05) is 57.1 Å². The fourth-order valence-electron chi connectivity index (χ4n) is 2.77. The van der Waals surface area contributed by atoms with E-state index in [0.717, 1.165) is 37.4 Å². The van der Waals surface area contributed by atoms with Crippen molar-refractivity contribution in [3.63, 3.8) is 0 Å². The molecule has 0 saturated carbocycles. The molecule has 1 heterocycles. The summed E-state index contributed by atoms with van der Waals surface area (Å²) >= 11 is 0. The molecular formula is C17H27N3O. The van der Waals surface area contributed by atoms with Crippen LogP contribution in [0.25, 0.3) is 0 Å². The van der Waals surface area contributed by atoms with E-state index in [4.69, 9.17) is 0 Å². The molecule has 1 aliphatic rings. The highest BCUT2D eigenvalue weighted by Crippen LogP contribution is 2.23. The number of likely N-dealkylation sites (N-methyl/N-ethyl adjacent to an activating group) is 1. The van der Waals surface area contributed by atoms with E-state index in [2.05, 4.69) is 16.8 Å². The molecule has 21 heavy (non-hydrogen) atoms. The number of piperazine rings is 1. The summed E-state index contributed by atoms with van der Waals surface area (Å²) < 4.78 is 0. The Morgan fingerprint density at radius 3 is 2.05 bits per heavy atom. The van der Waals surface area contributed by atoms with Gasteiger partial charge in [0.15, 0.2) is 5.78 Å². The van der Waals surface area contributed by atoms with E-state index in [1.54, 1.807) is 0 Å². The molecule has 1 aromatic carbocycles. The summed E-state index contributed by atoms with van der Waals surface area (Å²) in [6, 6.07) is 7.89. The molecule has 1 fully saturated rings. The van der Waals surface area contributed by atoms with Crippen LogP contribution in [0.4, 0.5) is 5.69 Å². The molecule has 1 saturated heterocycles. The number of carbonyl (C=O) groups is 1. The van der Waals surface area contributed by atoms with Crippen molar-refractivity contribution in [1.82, 2.24) is 9.80 Å². The molecule has 0 bridgehead atoms. The Labute approximate surface area is 128 Å². The third-order valence-electron chi connectivity index (χ3n) is 4.50. The molecular weight excluding hydrogens is 262 g/mol. The van der Waals surface area contributed by atoms with E-state index in [1.165, 1.54) is 0 Å². The van der Waals surface area contributed by atoms with Crippen molar-refractivity contribution in [2.24, 2.45) is 0 Å². The highest BCUT2D eigenvalue weighted by atomic mass is 16.1. The van der Waals surface area contributed by atoms with Gasteiger partial charge in [0, 0.05) is 51.5 Å². The quantitative estimate of drug-likeness (QED) is 0.792. The zero-order chi connectivity index (χ0) is 15.6. The van der Waals surface area contributed by atoms with Crippen LogP contribution in [0, 0.1) is 0 Å². The fourth-order valence-corrected chi connectivity index (χ4v) is 2.77. The Morgan fingerprint density at radius 1 is 1.05 bits per heavy atom. The van der Waals surface area contributed by atoms with Gasteiger partial charge in [0.2, 0.25) is 0 Å². The molecule has 0 radical (unpaired) electrons. The number of Topliss-reactive ketones (excluding diaryl/α,β-unsaturated/α-hetero) is 1. The number of hydrogen-bond donors (Lipinski definition) is 0. The zero-order valence-electron chi connectivity index (χ0n) is 13.9. The SMILES string of the molecule is CN1CCN(C(C)(C)C(=O)c2ccc(N(C)C)cc2)CC1. The lowest BCUT2D eigenvalue weighted by molar-refractivity contribution is 0.0463. The Morgan fingerprint density at radius 2 is 1.57 bits per heavy atom. The van der Waals surface area contributed by atoms with E-state index in [9.17, 15) is 4.79 Å². The Kier molecular flexibility index (Phi) is 4.69. The molecule has 0 spiro atoms. The average molecular weight is 289 g/mol. The molecule has 0 unspecified atom stereocenters. The first-order valence-electron chi connectivity index (χ1n) is 7.58. The number of carbonyl (C=O) groups excluding carboxylic acids is 1. The van der Waals surface area contributed by atoms with Gasteiger partial charge in [0.05, 0.1) is 5.54 Å². The van der Waals surface area contributed by atoms with Crippen molar-refractivity contribution in [3.8, 4) is 0 Å². The summed E-state index contributed by atoms with van der Waals surface area (Å²) in [5, 5.41) is 0. The van der Waals surface area contributed by atoms with E-state index in [0.29, 0.717) is 0 Å². The van der Waals surface area contributed by atoms with Gasteiger partial charge >= 0.3 is 0 Å². The van der Waals surface area contributed by atoms with Crippen molar-refractivity contribution in [2.45, 2.75) is 19.4 Å². The van der Waals surface area contributed by atoms with Crippen LogP contribution in [0.2, 0.25) is 0 Å². The maximum Gasteiger partial charge on any atom is 0.182 e. The lowest BCUT2D eigenvalue weighted by Crippen LogP contribution is -2.57. The summed E-state index contributed by atoms with van der Waals surface area (Å²) in [5.74, 6) is 0.206. The van der Waals surface area contributed by atoms with Crippen LogP contribution < -0.4 is 4.90 Å². The van der Waals surface area contributed by atoms with Gasteiger partial charge in [-0.1, -0.05) is 0 Å². The number of anilines is 1. The van der Waals surface area contributed by atoms with Crippen LogP contribution in [0.1, 0.15) is 24.2 Å². The number of benzene rings is 1. The minimum Gasteiger partial charge on any atom is -0.378 e. The van der Waals surface area contributed by atoms with Gasteiger partial charge < -0.3 is 9.80 Å². The van der Waals surface area contributed by atoms with Gasteiger partial charge in [0.1, 0.15) is 0 Å². The standard InChI is InChI=1S/C17H27N3O/c1-17(2,20-12-10-19(5)11-13-20)16(21)14-6-8-15(9-7-14)18(3)4/h6-9H,10-13H2,1-5H3. The second-order valence-electron chi connectivity index (χ2n) is 6.62. The summed E-state index contributed by atoms with van der Waals surface area (Å²) in [5.41, 5.74) is 1.47. The molecule has 0 N–H and O–H groups in total. The van der Waals surface area contributed by atoms with Crippen LogP contribution >= 0.6 is 0 Å². The fraction of sp³-hybridized carbons (Fsp3) is 0.588. The third-order valence-corrected chi connectivity index (χ3v) is 4.50. The van der Waals surface area contributed by atoms with Gasteiger partial charge in [0.25, 0.3) is 0 Å². The van der Waals surface area contributed by atoms with Crippen LogP contribution in [0.5, 0.6) is 0 Å². The first-order valence-corrected chi connectivity index (χ1v) is 7.58. The van der Waals surface area contributed by atoms with Gasteiger partial charge in [-0.15, -0.1) is 0 Å². The van der Waals surface area contributed by atoms with E-state index < -0.39 is 5.54 Å². The smallest absolute Gasteiger partial charge is 0.182 e. The number of rotatable bonds is 4. The van der Waals surface area contributed by atoms with Gasteiger partial charge in [-0.25, -0.2) is 0 Å². The van der Waals surface area contributed by atoms with Crippen LogP contribution in [-0.4, -0.2) is 68.4 Å². The molecule has 0 atom stereocenters. The molecule has 4 nitrogen and oxygen atoms in total. The minimum absolute atomic E-state index is 0.206. The lowest BCUT2D eigenvalue weighted by atomic mass is 9.90. The summed E-state index contributed by atoms with van der Waals surface area (Å²) in [6.45, 7) is 8.03. The van der Waals surface area contributed by atoms with Crippen LogP contribution in [-0.2, 0) is 0 Å². The highest BCUT2D eigenvalue weighted by Gasteiger charge is 2.36. The molecule has 0 aliphatic carbocycles. The summed E-state index contributed by atoms with van der Waals surface area (Å²) in [6.07, 6.45) is 0. The molecule has 4 heteroatoms. The number of ketones is 1. The summed E-state index contributed by atoms with van der Waals surface area (Å²) in [7, 11) is 6.14. The van der Waals surface area contributed by atoms with Crippen molar-refractivity contribution < 1.29 is 4.79 Å². The molecule has 1 aliphatic heterocycles. The van der Waals surface area contributed by atoms with Gasteiger partial charge in [-0.2, -0.15) is 0 Å². The van der Waals surface area contributed by atoms with E-state index in [-0.39, 0.29) is 5.78 Å².